The Morgan fingerprint density at radius 3 is 2.69 bits per heavy atom. The molecule has 0 aliphatic carbocycles. The molecule has 0 unspecified atom stereocenters. The van der Waals surface area contributed by atoms with Crippen LogP contribution in [-0.2, 0) is 6.42 Å². The molecule has 1 aromatic carbocycles. The number of nitrogens with one attached hydrogen (secondary N) is 1. The van der Waals surface area contributed by atoms with Crippen LogP contribution in [0.5, 0.6) is 5.75 Å². The van der Waals surface area contributed by atoms with E-state index in [2.05, 4.69) is 5.32 Å². The fraction of sp³-hybridized carbons (Fsp3) is 0.538. The van der Waals surface area contributed by atoms with Gasteiger partial charge in [-0.1, -0.05) is 18.2 Å². The minimum atomic E-state index is -1.07. The lowest BCUT2D eigenvalue weighted by Gasteiger charge is -2.30. The van der Waals surface area contributed by atoms with E-state index in [1.165, 1.54) is 0 Å². The first kappa shape index (κ1) is 11.4. The molecule has 0 aromatic heterocycles. The molecule has 1 aromatic rings. The molecule has 2 rings (SSSR count). The number of hydrogen-bond acceptors (Lipinski definition) is 2. The van der Waals surface area contributed by atoms with Crippen molar-refractivity contribution >= 4 is 0 Å². The topological polar surface area (TPSA) is 21.3 Å². The van der Waals surface area contributed by atoms with Gasteiger partial charge in [0.15, 0.2) is 0 Å². The molecule has 88 valence electrons. The van der Waals surface area contributed by atoms with Crippen LogP contribution in [0.25, 0.3) is 0 Å². The highest BCUT2D eigenvalue weighted by atomic mass is 19.1. The molecule has 1 fully saturated rings. The van der Waals surface area contributed by atoms with E-state index in [0.717, 1.165) is 24.4 Å². The average molecular weight is 223 g/mol. The Kier molecular flexibility index (Phi) is 3.44. The van der Waals surface area contributed by atoms with Gasteiger partial charge in [0.2, 0.25) is 0 Å². The minimum Gasteiger partial charge on any atom is -0.496 e. The average Bonchev–Trinajstić information content (AvgIpc) is 2.30. The number of alkyl halides is 1. The lowest BCUT2D eigenvalue weighted by Crippen LogP contribution is -2.40. The molecule has 1 aliphatic rings. The molecular weight excluding hydrogens is 205 g/mol. The Bertz CT molecular complexity index is 348. The number of ether oxygens (including phenoxy) is 1. The summed E-state index contributed by atoms with van der Waals surface area (Å²) in [4.78, 5) is 0. The molecule has 1 N–H and O–H groups in total. The van der Waals surface area contributed by atoms with Crippen LogP contribution in [-0.4, -0.2) is 25.9 Å². The van der Waals surface area contributed by atoms with E-state index < -0.39 is 5.67 Å². The first-order valence-corrected chi connectivity index (χ1v) is 5.75. The van der Waals surface area contributed by atoms with Crippen molar-refractivity contribution in [3.8, 4) is 5.75 Å². The van der Waals surface area contributed by atoms with Crippen molar-refractivity contribution in [3.05, 3.63) is 29.8 Å². The molecule has 1 saturated heterocycles. The summed E-state index contributed by atoms with van der Waals surface area (Å²) < 4.78 is 19.7. The van der Waals surface area contributed by atoms with E-state index in [-0.39, 0.29) is 0 Å². The van der Waals surface area contributed by atoms with Crippen molar-refractivity contribution in [1.29, 1.82) is 0 Å². The largest absolute Gasteiger partial charge is 0.496 e. The van der Waals surface area contributed by atoms with Crippen LogP contribution in [0.4, 0.5) is 4.39 Å². The number of para-hydroxylation sites is 1. The van der Waals surface area contributed by atoms with E-state index in [1.54, 1.807) is 7.11 Å². The fourth-order valence-electron chi connectivity index (χ4n) is 2.24. The molecule has 0 bridgehead atoms. The molecule has 0 spiro atoms. The molecule has 0 saturated carbocycles. The highest BCUT2D eigenvalue weighted by molar-refractivity contribution is 5.34. The highest BCUT2D eigenvalue weighted by Gasteiger charge is 2.32. The zero-order valence-electron chi connectivity index (χ0n) is 9.63. The van der Waals surface area contributed by atoms with Crippen LogP contribution in [0.3, 0.4) is 0 Å². The minimum absolute atomic E-state index is 0.457. The summed E-state index contributed by atoms with van der Waals surface area (Å²) in [6.45, 7) is 1.54. The lowest BCUT2D eigenvalue weighted by molar-refractivity contribution is 0.115. The number of piperidine rings is 1. The van der Waals surface area contributed by atoms with Gasteiger partial charge in [0.25, 0.3) is 0 Å². The van der Waals surface area contributed by atoms with E-state index in [1.807, 2.05) is 24.3 Å². The zero-order chi connectivity index (χ0) is 11.4. The predicted molar refractivity (Wildman–Crippen MR) is 62.6 cm³/mol. The maximum Gasteiger partial charge on any atom is 0.122 e. The van der Waals surface area contributed by atoms with E-state index >= 15 is 0 Å². The molecule has 3 heteroatoms. The summed E-state index contributed by atoms with van der Waals surface area (Å²) in [7, 11) is 1.63. The summed E-state index contributed by atoms with van der Waals surface area (Å²) in [5.41, 5.74) is -0.103. The molecule has 0 amide bonds. The first-order chi connectivity index (χ1) is 7.73. The Morgan fingerprint density at radius 1 is 1.31 bits per heavy atom. The van der Waals surface area contributed by atoms with Crippen molar-refractivity contribution < 1.29 is 9.13 Å². The SMILES string of the molecule is COc1ccccc1CC1(F)CCNCC1. The van der Waals surface area contributed by atoms with Gasteiger partial charge in [0.05, 0.1) is 7.11 Å². The van der Waals surface area contributed by atoms with Gasteiger partial charge in [0.1, 0.15) is 11.4 Å². The van der Waals surface area contributed by atoms with Gasteiger partial charge in [-0.3, -0.25) is 0 Å². The lowest BCUT2D eigenvalue weighted by atomic mass is 9.87. The van der Waals surface area contributed by atoms with Crippen LogP contribution in [0.1, 0.15) is 18.4 Å². The van der Waals surface area contributed by atoms with Crippen LogP contribution >= 0.6 is 0 Å². The Morgan fingerprint density at radius 2 is 2.00 bits per heavy atom. The number of hydrogen-bond donors (Lipinski definition) is 1. The first-order valence-electron chi connectivity index (χ1n) is 5.75. The summed E-state index contributed by atoms with van der Waals surface area (Å²) in [5.74, 6) is 0.790. The normalized spacial score (nSPS) is 19.4. The molecule has 2 nitrogen and oxygen atoms in total. The second-order valence-corrected chi connectivity index (χ2v) is 4.39. The molecule has 0 radical (unpaired) electrons. The summed E-state index contributed by atoms with van der Waals surface area (Å²) in [6.07, 6.45) is 1.63. The van der Waals surface area contributed by atoms with E-state index in [0.29, 0.717) is 19.3 Å². The summed E-state index contributed by atoms with van der Waals surface area (Å²) >= 11 is 0. The van der Waals surface area contributed by atoms with Gasteiger partial charge >= 0.3 is 0 Å². The summed E-state index contributed by atoms with van der Waals surface area (Å²) in [6, 6.07) is 7.68. The van der Waals surface area contributed by atoms with Crippen LogP contribution in [0.2, 0.25) is 0 Å². The third-order valence-corrected chi connectivity index (χ3v) is 3.20. The quantitative estimate of drug-likeness (QED) is 0.849. The van der Waals surface area contributed by atoms with Gasteiger partial charge in [-0.25, -0.2) is 4.39 Å². The van der Waals surface area contributed by atoms with Gasteiger partial charge in [-0.2, -0.15) is 0 Å². The van der Waals surface area contributed by atoms with Crippen molar-refractivity contribution in [1.82, 2.24) is 5.32 Å². The van der Waals surface area contributed by atoms with Crippen LogP contribution < -0.4 is 10.1 Å². The monoisotopic (exact) mass is 223 g/mol. The molecular formula is C13H18FNO. The maximum atomic E-state index is 14.5. The number of benzene rings is 1. The number of halogens is 1. The number of methoxy groups -OCH3 is 1. The summed E-state index contributed by atoms with van der Waals surface area (Å²) in [5, 5.41) is 3.18. The van der Waals surface area contributed by atoms with Crippen LogP contribution in [0.15, 0.2) is 24.3 Å². The molecule has 0 atom stereocenters. The van der Waals surface area contributed by atoms with E-state index in [4.69, 9.17) is 4.74 Å². The smallest absolute Gasteiger partial charge is 0.122 e. The standard InChI is InChI=1S/C13H18FNO/c1-16-12-5-3-2-4-11(12)10-13(14)6-8-15-9-7-13/h2-5,15H,6-10H2,1H3. The van der Waals surface area contributed by atoms with Crippen molar-refractivity contribution in [3.63, 3.8) is 0 Å². The molecule has 1 aliphatic heterocycles. The fourth-order valence-corrected chi connectivity index (χ4v) is 2.24. The van der Waals surface area contributed by atoms with Crippen molar-refractivity contribution in [2.45, 2.75) is 24.9 Å². The maximum absolute atomic E-state index is 14.5. The van der Waals surface area contributed by atoms with E-state index in [9.17, 15) is 4.39 Å². The second kappa shape index (κ2) is 4.83. The van der Waals surface area contributed by atoms with Gasteiger partial charge < -0.3 is 10.1 Å². The van der Waals surface area contributed by atoms with Gasteiger partial charge in [-0.15, -0.1) is 0 Å². The Hall–Kier alpha value is -1.09. The third-order valence-electron chi connectivity index (χ3n) is 3.20. The van der Waals surface area contributed by atoms with Crippen molar-refractivity contribution in [2.75, 3.05) is 20.2 Å². The van der Waals surface area contributed by atoms with Crippen LogP contribution in [0, 0.1) is 0 Å². The second-order valence-electron chi connectivity index (χ2n) is 4.39. The van der Waals surface area contributed by atoms with Crippen molar-refractivity contribution in [2.24, 2.45) is 0 Å². The highest BCUT2D eigenvalue weighted by Crippen LogP contribution is 2.31. The molecule has 16 heavy (non-hydrogen) atoms. The Labute approximate surface area is 95.8 Å². The van der Waals surface area contributed by atoms with Gasteiger partial charge in [-0.05, 0) is 37.6 Å². The Balaban J connectivity index is 2.12. The predicted octanol–water partition coefficient (Wildman–Crippen LogP) is 2.33. The molecule has 1 heterocycles. The third kappa shape index (κ3) is 2.53. The van der Waals surface area contributed by atoms with Gasteiger partial charge in [0, 0.05) is 6.42 Å². The zero-order valence-corrected chi connectivity index (χ0v) is 9.63. The number of rotatable bonds is 3.